The lowest BCUT2D eigenvalue weighted by Crippen LogP contribution is -2.35. The van der Waals surface area contributed by atoms with Crippen LogP contribution in [0.2, 0.25) is 18.1 Å². The fraction of sp³-hybridized carbons (Fsp3) is 0.571. The molecule has 0 unspecified atom stereocenters. The molecule has 0 aliphatic rings. The van der Waals surface area contributed by atoms with Crippen LogP contribution in [0, 0.1) is 6.92 Å². The van der Waals surface area contributed by atoms with E-state index < -0.39 is 8.32 Å². The Balaban J connectivity index is 2.66. The summed E-state index contributed by atoms with van der Waals surface area (Å²) in [5, 5.41) is 0. The van der Waals surface area contributed by atoms with E-state index in [2.05, 4.69) is 52.0 Å². The molecule has 16 heavy (non-hydrogen) atoms. The normalized spacial score (nSPS) is 11.8. The summed E-state index contributed by atoms with van der Waals surface area (Å²) in [5.41, 5.74) is 2.68. The van der Waals surface area contributed by atoms with Crippen LogP contribution >= 0.6 is 0 Å². The average molecular weight is 236 g/mol. The quantitative estimate of drug-likeness (QED) is 0.660. The highest BCUT2D eigenvalue weighted by Gasteiger charge is 2.28. The number of benzene rings is 1. The maximum Gasteiger partial charge on any atom is 0.192 e. The van der Waals surface area contributed by atoms with Crippen LogP contribution in [0.4, 0.5) is 0 Å². The van der Waals surface area contributed by atoms with Gasteiger partial charge in [0.05, 0.1) is 6.61 Å². The fourth-order valence-electron chi connectivity index (χ4n) is 2.06. The predicted molar refractivity (Wildman–Crippen MR) is 73.2 cm³/mol. The van der Waals surface area contributed by atoms with Gasteiger partial charge in [0.1, 0.15) is 0 Å². The van der Waals surface area contributed by atoms with Gasteiger partial charge in [-0.05, 0) is 36.2 Å². The van der Waals surface area contributed by atoms with Gasteiger partial charge in [0, 0.05) is 0 Å². The van der Waals surface area contributed by atoms with Crippen molar-refractivity contribution in [2.75, 3.05) is 0 Å². The third-order valence-electron chi connectivity index (χ3n) is 3.73. The topological polar surface area (TPSA) is 9.23 Å². The molecule has 0 saturated carbocycles. The van der Waals surface area contributed by atoms with Crippen LogP contribution in [0.15, 0.2) is 24.3 Å². The van der Waals surface area contributed by atoms with Gasteiger partial charge in [0.2, 0.25) is 0 Å². The van der Waals surface area contributed by atoms with Gasteiger partial charge in [0.15, 0.2) is 8.32 Å². The Morgan fingerprint density at radius 2 is 1.56 bits per heavy atom. The second-order valence-electron chi connectivity index (χ2n) is 4.46. The van der Waals surface area contributed by atoms with E-state index in [1.165, 1.54) is 29.3 Å². The maximum absolute atomic E-state index is 6.28. The number of hydrogen-bond donors (Lipinski definition) is 0. The van der Waals surface area contributed by atoms with Crippen molar-refractivity contribution in [3.8, 4) is 0 Å². The van der Waals surface area contributed by atoms with Gasteiger partial charge in [-0.2, -0.15) is 0 Å². The predicted octanol–water partition coefficient (Wildman–Crippen LogP) is 4.52. The van der Waals surface area contributed by atoms with Gasteiger partial charge in [-0.1, -0.05) is 45.0 Å². The van der Waals surface area contributed by atoms with Crippen LogP contribution in [-0.2, 0) is 11.0 Å². The van der Waals surface area contributed by atoms with Crippen LogP contribution < -0.4 is 0 Å². The first-order valence-electron chi connectivity index (χ1n) is 6.36. The summed E-state index contributed by atoms with van der Waals surface area (Å²) in [6.07, 6.45) is 0. The molecule has 0 saturated heterocycles. The Labute approximate surface area is 101 Å². The molecule has 1 rings (SSSR count). The van der Waals surface area contributed by atoms with Gasteiger partial charge in [-0.3, -0.25) is 0 Å². The first kappa shape index (κ1) is 13.5. The van der Waals surface area contributed by atoms with E-state index in [1.54, 1.807) is 0 Å². The van der Waals surface area contributed by atoms with Gasteiger partial charge in [0.25, 0.3) is 0 Å². The summed E-state index contributed by atoms with van der Waals surface area (Å²) >= 11 is 0. The summed E-state index contributed by atoms with van der Waals surface area (Å²) in [6.45, 7) is 9.78. The molecule has 1 aromatic rings. The minimum Gasteiger partial charge on any atom is -0.413 e. The van der Waals surface area contributed by atoms with Crippen LogP contribution in [0.5, 0.6) is 0 Å². The van der Waals surface area contributed by atoms with E-state index >= 15 is 0 Å². The van der Waals surface area contributed by atoms with Crippen LogP contribution in [0.1, 0.15) is 31.9 Å². The molecular formula is C14H24OSi. The highest BCUT2D eigenvalue weighted by Crippen LogP contribution is 2.23. The van der Waals surface area contributed by atoms with E-state index in [9.17, 15) is 0 Å². The molecule has 0 fully saturated rings. The molecule has 0 radical (unpaired) electrons. The Hall–Kier alpha value is -0.603. The molecule has 0 bridgehead atoms. The van der Waals surface area contributed by atoms with Crippen molar-refractivity contribution >= 4 is 8.32 Å². The molecule has 0 spiro atoms. The van der Waals surface area contributed by atoms with Crippen molar-refractivity contribution in [2.24, 2.45) is 0 Å². The van der Waals surface area contributed by atoms with Gasteiger partial charge in [-0.25, -0.2) is 0 Å². The average Bonchev–Trinajstić information content (AvgIpc) is 2.34. The molecule has 0 aliphatic heterocycles. The highest BCUT2D eigenvalue weighted by molar-refractivity contribution is 6.73. The van der Waals surface area contributed by atoms with Crippen molar-refractivity contribution in [1.29, 1.82) is 0 Å². The second kappa shape index (κ2) is 6.21. The van der Waals surface area contributed by atoms with Gasteiger partial charge >= 0.3 is 0 Å². The van der Waals surface area contributed by atoms with E-state index in [4.69, 9.17) is 4.43 Å². The lowest BCUT2D eigenvalue weighted by Gasteiger charge is -2.28. The molecule has 0 N–H and O–H groups in total. The van der Waals surface area contributed by atoms with Crippen LogP contribution in [0.25, 0.3) is 0 Å². The number of aryl methyl sites for hydroxylation is 1. The first-order chi connectivity index (χ1) is 7.67. The molecule has 90 valence electrons. The monoisotopic (exact) mass is 236 g/mol. The smallest absolute Gasteiger partial charge is 0.192 e. The molecule has 0 aliphatic carbocycles. The molecule has 0 aromatic heterocycles. The lowest BCUT2D eigenvalue weighted by molar-refractivity contribution is 0.286. The Morgan fingerprint density at radius 1 is 1.00 bits per heavy atom. The molecular weight excluding hydrogens is 212 g/mol. The maximum atomic E-state index is 6.28. The minimum absolute atomic E-state index is 0.800. The van der Waals surface area contributed by atoms with Crippen molar-refractivity contribution in [3.05, 3.63) is 35.4 Å². The summed E-state index contributed by atoms with van der Waals surface area (Å²) < 4.78 is 6.28. The van der Waals surface area contributed by atoms with E-state index in [-0.39, 0.29) is 0 Å². The van der Waals surface area contributed by atoms with E-state index in [1.807, 2.05) is 0 Å². The molecule has 0 atom stereocenters. The van der Waals surface area contributed by atoms with E-state index in [0.717, 1.165) is 6.61 Å². The zero-order valence-corrected chi connectivity index (χ0v) is 12.0. The summed E-state index contributed by atoms with van der Waals surface area (Å²) in [4.78, 5) is 0. The number of rotatable bonds is 6. The van der Waals surface area contributed by atoms with Crippen molar-refractivity contribution < 1.29 is 4.43 Å². The highest BCUT2D eigenvalue weighted by atomic mass is 28.4. The van der Waals surface area contributed by atoms with Crippen LogP contribution in [-0.4, -0.2) is 8.32 Å². The van der Waals surface area contributed by atoms with Crippen molar-refractivity contribution in [2.45, 2.75) is 52.4 Å². The third kappa shape index (κ3) is 3.19. The molecule has 1 nitrogen and oxygen atoms in total. The molecule has 0 heterocycles. The SMILES string of the molecule is CC[Si](CC)(CC)OCc1ccccc1C. The Kier molecular flexibility index (Phi) is 5.23. The Bertz CT molecular complexity index is 310. The second-order valence-corrected chi connectivity index (χ2v) is 9.23. The summed E-state index contributed by atoms with van der Waals surface area (Å²) in [5.74, 6) is 0. The molecule has 1 aromatic carbocycles. The summed E-state index contributed by atoms with van der Waals surface area (Å²) in [6, 6.07) is 12.2. The van der Waals surface area contributed by atoms with Gasteiger partial charge < -0.3 is 4.43 Å². The largest absolute Gasteiger partial charge is 0.413 e. The van der Waals surface area contributed by atoms with E-state index in [0.29, 0.717) is 0 Å². The third-order valence-corrected chi connectivity index (χ3v) is 8.35. The van der Waals surface area contributed by atoms with Crippen molar-refractivity contribution in [3.63, 3.8) is 0 Å². The standard InChI is InChI=1S/C14H24OSi/c1-5-16(6-2,7-3)15-12-14-11-9-8-10-13(14)4/h8-11H,5-7,12H2,1-4H3. The Morgan fingerprint density at radius 3 is 2.06 bits per heavy atom. The summed E-state index contributed by atoms with van der Waals surface area (Å²) in [7, 11) is -1.42. The molecule has 0 amide bonds. The number of hydrogen-bond acceptors (Lipinski definition) is 1. The minimum atomic E-state index is -1.42. The zero-order valence-electron chi connectivity index (χ0n) is 11.0. The zero-order chi connectivity index (χ0) is 12.0. The lowest BCUT2D eigenvalue weighted by atomic mass is 10.1. The fourth-order valence-corrected chi connectivity index (χ4v) is 4.63. The van der Waals surface area contributed by atoms with Gasteiger partial charge in [-0.15, -0.1) is 0 Å². The first-order valence-corrected chi connectivity index (χ1v) is 8.89. The molecule has 2 heteroatoms. The van der Waals surface area contributed by atoms with Crippen molar-refractivity contribution in [1.82, 2.24) is 0 Å². The van der Waals surface area contributed by atoms with Crippen LogP contribution in [0.3, 0.4) is 0 Å².